The molecule has 15 heavy (non-hydrogen) atoms. The maximum Gasteiger partial charge on any atom is 0.315 e. The van der Waals surface area contributed by atoms with Crippen molar-refractivity contribution in [3.63, 3.8) is 0 Å². The van der Waals surface area contributed by atoms with Crippen LogP contribution in [0, 0.1) is 5.82 Å². The van der Waals surface area contributed by atoms with Crippen LogP contribution in [0.15, 0.2) is 24.3 Å². The minimum atomic E-state index is -0.731. The van der Waals surface area contributed by atoms with E-state index in [0.717, 1.165) is 0 Å². The third-order valence-electron chi connectivity index (χ3n) is 2.20. The van der Waals surface area contributed by atoms with Gasteiger partial charge in [0.25, 0.3) is 0 Å². The number of nitrogens with one attached hydrogen (secondary N) is 2. The van der Waals surface area contributed by atoms with Gasteiger partial charge in [0, 0.05) is 12.6 Å². The molecular weight excluding hydrogens is 195 g/mol. The number of halogens is 1. The van der Waals surface area contributed by atoms with Gasteiger partial charge < -0.3 is 10.6 Å². The Labute approximate surface area is 88.7 Å². The van der Waals surface area contributed by atoms with Gasteiger partial charge in [0.15, 0.2) is 0 Å². The van der Waals surface area contributed by atoms with Crippen molar-refractivity contribution in [1.82, 2.24) is 10.6 Å². The quantitative estimate of drug-likeness (QED) is 0.770. The molecule has 0 aliphatic heterocycles. The second-order valence-corrected chi connectivity index (χ2v) is 3.81. The molecule has 0 saturated carbocycles. The van der Waals surface area contributed by atoms with E-state index in [2.05, 4.69) is 10.6 Å². The van der Waals surface area contributed by atoms with E-state index >= 15 is 0 Å². The molecule has 0 heterocycles. The molecule has 0 aromatic heterocycles. The number of carbonyl (C=O) groups excluding carboxylic acids is 1. The van der Waals surface area contributed by atoms with Gasteiger partial charge in [-0.15, -0.1) is 0 Å². The summed E-state index contributed by atoms with van der Waals surface area (Å²) in [5.74, 6) is -0.320. The molecule has 0 saturated heterocycles. The third kappa shape index (κ3) is 2.68. The van der Waals surface area contributed by atoms with E-state index in [1.54, 1.807) is 32.0 Å². The topological polar surface area (TPSA) is 41.1 Å². The first kappa shape index (κ1) is 11.5. The van der Waals surface area contributed by atoms with E-state index in [0.29, 0.717) is 5.56 Å². The molecule has 0 radical (unpaired) electrons. The van der Waals surface area contributed by atoms with Crippen molar-refractivity contribution in [2.75, 3.05) is 7.05 Å². The summed E-state index contributed by atoms with van der Waals surface area (Å²) in [6.45, 7) is 3.50. The van der Waals surface area contributed by atoms with Crippen molar-refractivity contribution in [3.8, 4) is 0 Å². The highest BCUT2D eigenvalue weighted by Gasteiger charge is 2.25. The Bertz CT molecular complexity index is 363. The smallest absolute Gasteiger partial charge is 0.315 e. The van der Waals surface area contributed by atoms with Gasteiger partial charge in [0.05, 0.1) is 5.54 Å². The second-order valence-electron chi connectivity index (χ2n) is 3.81. The molecule has 82 valence electrons. The van der Waals surface area contributed by atoms with Crippen molar-refractivity contribution < 1.29 is 9.18 Å². The number of hydrogen-bond donors (Lipinski definition) is 2. The molecule has 4 heteroatoms. The van der Waals surface area contributed by atoms with Crippen molar-refractivity contribution in [2.24, 2.45) is 0 Å². The number of rotatable bonds is 2. The average molecular weight is 210 g/mol. The molecular formula is C11H15FN2O. The van der Waals surface area contributed by atoms with Crippen molar-refractivity contribution in [3.05, 3.63) is 35.6 Å². The van der Waals surface area contributed by atoms with Crippen LogP contribution < -0.4 is 10.6 Å². The van der Waals surface area contributed by atoms with Gasteiger partial charge in [-0.3, -0.25) is 0 Å². The van der Waals surface area contributed by atoms with Gasteiger partial charge in [-0.05, 0) is 19.9 Å². The van der Waals surface area contributed by atoms with E-state index < -0.39 is 5.54 Å². The molecule has 2 N–H and O–H groups in total. The molecule has 1 aromatic carbocycles. The van der Waals surface area contributed by atoms with Crippen LogP contribution in [0.2, 0.25) is 0 Å². The highest BCUT2D eigenvalue weighted by molar-refractivity contribution is 5.74. The molecule has 0 fully saturated rings. The van der Waals surface area contributed by atoms with Crippen LogP contribution in [0.5, 0.6) is 0 Å². The Morgan fingerprint density at radius 1 is 1.33 bits per heavy atom. The zero-order valence-electron chi connectivity index (χ0n) is 9.10. The van der Waals surface area contributed by atoms with Gasteiger partial charge >= 0.3 is 6.03 Å². The van der Waals surface area contributed by atoms with Crippen LogP contribution in [0.1, 0.15) is 19.4 Å². The van der Waals surface area contributed by atoms with E-state index in [9.17, 15) is 9.18 Å². The van der Waals surface area contributed by atoms with Crippen LogP contribution >= 0.6 is 0 Å². The summed E-state index contributed by atoms with van der Waals surface area (Å²) < 4.78 is 13.5. The summed E-state index contributed by atoms with van der Waals surface area (Å²) in [5.41, 5.74) is -0.264. The summed E-state index contributed by atoms with van der Waals surface area (Å²) in [4.78, 5) is 11.2. The maximum absolute atomic E-state index is 13.5. The van der Waals surface area contributed by atoms with Crippen LogP contribution in [0.3, 0.4) is 0 Å². The molecule has 3 nitrogen and oxygen atoms in total. The maximum atomic E-state index is 13.5. The lowest BCUT2D eigenvalue weighted by atomic mass is 9.94. The highest BCUT2D eigenvalue weighted by atomic mass is 19.1. The van der Waals surface area contributed by atoms with E-state index in [1.165, 1.54) is 13.1 Å². The zero-order chi connectivity index (χ0) is 11.5. The van der Waals surface area contributed by atoms with Crippen LogP contribution in [0.25, 0.3) is 0 Å². The minimum Gasteiger partial charge on any atom is -0.341 e. The molecule has 0 unspecified atom stereocenters. The van der Waals surface area contributed by atoms with Crippen LogP contribution in [-0.2, 0) is 5.54 Å². The summed E-state index contributed by atoms with van der Waals surface area (Å²) in [6, 6.07) is 6.07. The Kier molecular flexibility index (Phi) is 3.29. The van der Waals surface area contributed by atoms with Crippen LogP contribution in [-0.4, -0.2) is 13.1 Å². The molecule has 0 spiro atoms. The Morgan fingerprint density at radius 3 is 2.47 bits per heavy atom. The van der Waals surface area contributed by atoms with Gasteiger partial charge in [-0.1, -0.05) is 18.2 Å². The number of urea groups is 1. The first-order chi connectivity index (χ1) is 6.97. The summed E-state index contributed by atoms with van der Waals surface area (Å²) in [6.07, 6.45) is 0. The molecule has 2 amide bonds. The van der Waals surface area contributed by atoms with Gasteiger partial charge in [0.2, 0.25) is 0 Å². The lowest BCUT2D eigenvalue weighted by Gasteiger charge is -2.26. The fraction of sp³-hybridized carbons (Fsp3) is 0.364. The second kappa shape index (κ2) is 4.29. The molecule has 1 rings (SSSR count). The first-order valence-electron chi connectivity index (χ1n) is 4.72. The SMILES string of the molecule is CNC(=O)NC(C)(C)c1ccccc1F. The number of benzene rings is 1. The van der Waals surface area contributed by atoms with Gasteiger partial charge in [0.1, 0.15) is 5.82 Å². The minimum absolute atomic E-state index is 0.320. The van der Waals surface area contributed by atoms with E-state index in [4.69, 9.17) is 0 Å². The average Bonchev–Trinajstić information content (AvgIpc) is 2.17. The number of hydrogen-bond acceptors (Lipinski definition) is 1. The Morgan fingerprint density at radius 2 is 1.93 bits per heavy atom. The standard InChI is InChI=1S/C11H15FN2O/c1-11(2,14-10(15)13-3)8-6-4-5-7-9(8)12/h4-7H,1-3H3,(H2,13,14,15). The lowest BCUT2D eigenvalue weighted by molar-refractivity contribution is 0.231. The normalized spacial score (nSPS) is 10.9. The molecule has 1 aromatic rings. The van der Waals surface area contributed by atoms with Crippen molar-refractivity contribution in [1.29, 1.82) is 0 Å². The largest absolute Gasteiger partial charge is 0.341 e. The number of carbonyl (C=O) groups is 1. The summed E-state index contributed by atoms with van der Waals surface area (Å²) in [7, 11) is 1.52. The monoisotopic (exact) mass is 210 g/mol. The highest BCUT2D eigenvalue weighted by Crippen LogP contribution is 2.22. The fourth-order valence-electron chi connectivity index (χ4n) is 1.38. The summed E-state index contributed by atoms with van der Waals surface area (Å²) in [5, 5.41) is 5.11. The van der Waals surface area contributed by atoms with Crippen molar-refractivity contribution >= 4 is 6.03 Å². The molecule has 0 atom stereocenters. The first-order valence-corrected chi connectivity index (χ1v) is 4.72. The van der Waals surface area contributed by atoms with E-state index in [-0.39, 0.29) is 11.8 Å². The Balaban J connectivity index is 2.95. The predicted molar refractivity (Wildman–Crippen MR) is 57.0 cm³/mol. The summed E-state index contributed by atoms with van der Waals surface area (Å²) >= 11 is 0. The lowest BCUT2D eigenvalue weighted by Crippen LogP contribution is -2.45. The number of amides is 2. The van der Waals surface area contributed by atoms with Gasteiger partial charge in [-0.25, -0.2) is 9.18 Å². The zero-order valence-corrected chi connectivity index (χ0v) is 9.10. The fourth-order valence-corrected chi connectivity index (χ4v) is 1.38. The third-order valence-corrected chi connectivity index (χ3v) is 2.20. The van der Waals surface area contributed by atoms with Crippen LogP contribution in [0.4, 0.5) is 9.18 Å². The predicted octanol–water partition coefficient (Wildman–Crippen LogP) is 1.99. The Hall–Kier alpha value is -1.58. The molecule has 0 aliphatic rings. The molecule has 0 aliphatic carbocycles. The van der Waals surface area contributed by atoms with E-state index in [1.807, 2.05) is 0 Å². The van der Waals surface area contributed by atoms with Gasteiger partial charge in [-0.2, -0.15) is 0 Å². The molecule has 0 bridgehead atoms. The van der Waals surface area contributed by atoms with Crippen molar-refractivity contribution in [2.45, 2.75) is 19.4 Å².